The third-order valence-corrected chi connectivity index (χ3v) is 5.56. The molecule has 0 bridgehead atoms. The zero-order chi connectivity index (χ0) is 24.3. The topological polar surface area (TPSA) is 124 Å². The SMILES string of the molecule is CCOCCOc1ccc(-c2nnc(CCC(=O)N3CCC[C@@H](C(=O)OCC)C3)c(=O)[nH]2)cc1. The minimum Gasteiger partial charge on any atom is -0.491 e. The van der Waals surface area contributed by atoms with Crippen LogP contribution in [0.5, 0.6) is 5.75 Å². The van der Waals surface area contributed by atoms with E-state index < -0.39 is 0 Å². The number of benzene rings is 1. The molecule has 0 saturated carbocycles. The van der Waals surface area contributed by atoms with Crippen LogP contribution < -0.4 is 10.3 Å². The molecule has 0 aliphatic carbocycles. The lowest BCUT2D eigenvalue weighted by atomic mass is 9.98. The van der Waals surface area contributed by atoms with E-state index in [1.807, 2.05) is 6.92 Å². The van der Waals surface area contributed by atoms with Crippen molar-refractivity contribution in [2.75, 3.05) is 39.5 Å². The minimum atomic E-state index is -0.377. The van der Waals surface area contributed by atoms with Crippen LogP contribution in [0.2, 0.25) is 0 Å². The smallest absolute Gasteiger partial charge is 0.310 e. The summed E-state index contributed by atoms with van der Waals surface area (Å²) in [7, 11) is 0. The van der Waals surface area contributed by atoms with Crippen molar-refractivity contribution in [1.82, 2.24) is 20.1 Å². The quantitative estimate of drug-likeness (QED) is 0.389. The molecule has 1 atom stereocenters. The fourth-order valence-electron chi connectivity index (χ4n) is 3.77. The number of carbonyl (C=O) groups is 2. The Labute approximate surface area is 198 Å². The minimum absolute atomic E-state index is 0.112. The van der Waals surface area contributed by atoms with E-state index in [9.17, 15) is 14.4 Å². The van der Waals surface area contributed by atoms with Gasteiger partial charge in [0.15, 0.2) is 5.82 Å². The van der Waals surface area contributed by atoms with Crippen molar-refractivity contribution in [1.29, 1.82) is 0 Å². The van der Waals surface area contributed by atoms with Gasteiger partial charge < -0.3 is 24.1 Å². The predicted octanol–water partition coefficient (Wildman–Crippen LogP) is 1.98. The summed E-state index contributed by atoms with van der Waals surface area (Å²) in [5, 5.41) is 8.16. The summed E-state index contributed by atoms with van der Waals surface area (Å²) in [6, 6.07) is 7.15. The zero-order valence-corrected chi connectivity index (χ0v) is 19.7. The maximum atomic E-state index is 12.6. The van der Waals surface area contributed by atoms with Gasteiger partial charge in [-0.05, 0) is 51.0 Å². The number of ether oxygens (including phenoxy) is 3. The summed E-state index contributed by atoms with van der Waals surface area (Å²) >= 11 is 0. The normalized spacial score (nSPS) is 15.7. The van der Waals surface area contributed by atoms with E-state index in [4.69, 9.17) is 14.2 Å². The van der Waals surface area contributed by atoms with Crippen molar-refractivity contribution in [3.8, 4) is 17.1 Å². The lowest BCUT2D eigenvalue weighted by Crippen LogP contribution is -2.43. The van der Waals surface area contributed by atoms with Crippen molar-refractivity contribution in [2.45, 2.75) is 39.5 Å². The highest BCUT2D eigenvalue weighted by atomic mass is 16.5. The van der Waals surface area contributed by atoms with Gasteiger partial charge in [-0.25, -0.2) is 0 Å². The molecule has 1 fully saturated rings. The Morgan fingerprint density at radius 1 is 1.12 bits per heavy atom. The van der Waals surface area contributed by atoms with Gasteiger partial charge in [-0.2, -0.15) is 0 Å². The largest absolute Gasteiger partial charge is 0.491 e. The number of carbonyl (C=O) groups excluding carboxylic acids is 2. The number of H-pyrrole nitrogens is 1. The van der Waals surface area contributed by atoms with Gasteiger partial charge >= 0.3 is 5.97 Å². The molecule has 0 spiro atoms. The van der Waals surface area contributed by atoms with Crippen LogP contribution in [0.4, 0.5) is 0 Å². The summed E-state index contributed by atoms with van der Waals surface area (Å²) in [5.74, 6) is 0.370. The molecule has 0 unspecified atom stereocenters. The highest BCUT2D eigenvalue weighted by Crippen LogP contribution is 2.20. The molecule has 2 heterocycles. The number of hydrogen-bond acceptors (Lipinski definition) is 8. The molecular formula is C24H32N4O6. The van der Waals surface area contributed by atoms with Crippen LogP contribution in [-0.2, 0) is 25.5 Å². The lowest BCUT2D eigenvalue weighted by molar-refractivity contribution is -0.151. The maximum Gasteiger partial charge on any atom is 0.310 e. The summed E-state index contributed by atoms with van der Waals surface area (Å²) in [6.45, 7) is 6.59. The van der Waals surface area contributed by atoms with E-state index in [2.05, 4.69) is 15.2 Å². The van der Waals surface area contributed by atoms with Crippen LogP contribution in [0, 0.1) is 5.92 Å². The number of nitrogens with zero attached hydrogens (tertiary/aromatic N) is 3. The fraction of sp³-hybridized carbons (Fsp3) is 0.542. The molecular weight excluding hydrogens is 440 g/mol. The highest BCUT2D eigenvalue weighted by Gasteiger charge is 2.29. The number of aromatic nitrogens is 3. The molecule has 1 aliphatic rings. The van der Waals surface area contributed by atoms with Gasteiger partial charge in [0.1, 0.15) is 18.1 Å². The molecule has 1 aliphatic heterocycles. The van der Waals surface area contributed by atoms with E-state index in [-0.39, 0.29) is 41.9 Å². The Morgan fingerprint density at radius 3 is 2.62 bits per heavy atom. The van der Waals surface area contributed by atoms with Crippen LogP contribution in [-0.4, -0.2) is 71.5 Å². The molecule has 1 aromatic heterocycles. The predicted molar refractivity (Wildman–Crippen MR) is 124 cm³/mol. The zero-order valence-electron chi connectivity index (χ0n) is 19.7. The Bertz CT molecular complexity index is 1010. The maximum absolute atomic E-state index is 12.6. The monoisotopic (exact) mass is 472 g/mol. The van der Waals surface area contributed by atoms with E-state index in [0.717, 1.165) is 12.8 Å². The first-order chi connectivity index (χ1) is 16.5. The van der Waals surface area contributed by atoms with Crippen molar-refractivity contribution in [3.05, 3.63) is 40.3 Å². The molecule has 3 rings (SSSR count). The van der Waals surface area contributed by atoms with Gasteiger partial charge in [-0.15, -0.1) is 10.2 Å². The van der Waals surface area contributed by atoms with E-state index in [1.165, 1.54) is 0 Å². The van der Waals surface area contributed by atoms with Gasteiger partial charge in [0.05, 0.1) is 19.1 Å². The first-order valence-corrected chi connectivity index (χ1v) is 11.7. The van der Waals surface area contributed by atoms with Crippen LogP contribution in [0.25, 0.3) is 11.4 Å². The van der Waals surface area contributed by atoms with Crippen molar-refractivity contribution >= 4 is 11.9 Å². The Morgan fingerprint density at radius 2 is 1.91 bits per heavy atom. The second-order valence-corrected chi connectivity index (χ2v) is 7.95. The summed E-state index contributed by atoms with van der Waals surface area (Å²) in [5.41, 5.74) is 0.521. The molecule has 0 radical (unpaired) electrons. The second-order valence-electron chi connectivity index (χ2n) is 7.95. The Balaban J connectivity index is 1.53. The third kappa shape index (κ3) is 7.11. The molecule has 1 aromatic carbocycles. The van der Waals surface area contributed by atoms with Gasteiger partial charge in [0.25, 0.3) is 5.56 Å². The van der Waals surface area contributed by atoms with Gasteiger partial charge in [0, 0.05) is 38.1 Å². The number of likely N-dealkylation sites (tertiary alicyclic amines) is 1. The average Bonchev–Trinajstić information content (AvgIpc) is 2.86. The van der Waals surface area contributed by atoms with Crippen molar-refractivity contribution in [2.24, 2.45) is 5.92 Å². The number of rotatable bonds is 11. The Hall–Kier alpha value is -3.27. The molecule has 1 amide bonds. The second kappa shape index (κ2) is 12.8. The standard InChI is InChI=1S/C24H32N4O6/c1-3-32-14-15-34-19-9-7-17(8-10-19)22-25-23(30)20(26-27-22)11-12-21(29)28-13-5-6-18(16-28)24(31)33-4-2/h7-10,18H,3-6,11-16H2,1-2H3,(H,25,27,30)/t18-/m1/s1. The van der Waals surface area contributed by atoms with Crippen molar-refractivity contribution in [3.63, 3.8) is 0 Å². The fourth-order valence-corrected chi connectivity index (χ4v) is 3.77. The highest BCUT2D eigenvalue weighted by molar-refractivity contribution is 5.78. The summed E-state index contributed by atoms with van der Waals surface area (Å²) < 4.78 is 15.9. The summed E-state index contributed by atoms with van der Waals surface area (Å²) in [4.78, 5) is 41.5. The number of hydrogen-bond donors (Lipinski definition) is 1. The molecule has 1 saturated heterocycles. The molecule has 34 heavy (non-hydrogen) atoms. The van der Waals surface area contributed by atoms with Gasteiger partial charge in [0.2, 0.25) is 5.91 Å². The Kier molecular flexibility index (Phi) is 9.57. The van der Waals surface area contributed by atoms with E-state index in [1.54, 1.807) is 36.1 Å². The number of piperidine rings is 1. The van der Waals surface area contributed by atoms with Crippen LogP contribution in [0.15, 0.2) is 29.1 Å². The lowest BCUT2D eigenvalue weighted by Gasteiger charge is -2.31. The third-order valence-electron chi connectivity index (χ3n) is 5.56. The molecule has 10 nitrogen and oxygen atoms in total. The van der Waals surface area contributed by atoms with Crippen molar-refractivity contribution < 1.29 is 23.8 Å². The molecule has 184 valence electrons. The van der Waals surface area contributed by atoms with Crippen LogP contribution >= 0.6 is 0 Å². The first-order valence-electron chi connectivity index (χ1n) is 11.7. The molecule has 1 N–H and O–H groups in total. The van der Waals surface area contributed by atoms with E-state index in [0.29, 0.717) is 56.7 Å². The van der Waals surface area contributed by atoms with Gasteiger partial charge in [-0.3, -0.25) is 14.4 Å². The van der Waals surface area contributed by atoms with E-state index >= 15 is 0 Å². The average molecular weight is 473 g/mol. The number of aryl methyl sites for hydroxylation is 1. The number of nitrogens with one attached hydrogen (secondary N) is 1. The number of esters is 1. The first kappa shape index (κ1) is 25.4. The summed E-state index contributed by atoms with van der Waals surface area (Å²) in [6.07, 6.45) is 1.77. The van der Waals surface area contributed by atoms with Crippen LogP contribution in [0.3, 0.4) is 0 Å². The number of aromatic amines is 1. The molecule has 10 heteroatoms. The molecule has 2 aromatic rings. The number of amides is 1. The van der Waals surface area contributed by atoms with Crippen LogP contribution in [0.1, 0.15) is 38.8 Å². The van der Waals surface area contributed by atoms with Gasteiger partial charge in [-0.1, -0.05) is 0 Å².